The molecular weight excluding hydrogens is 387 g/mol. The van der Waals surface area contributed by atoms with Gasteiger partial charge in [0.15, 0.2) is 0 Å². The van der Waals surface area contributed by atoms with Gasteiger partial charge < -0.3 is 10.1 Å². The Morgan fingerprint density at radius 2 is 1.79 bits per heavy atom. The van der Waals surface area contributed by atoms with Crippen LogP contribution in [0.5, 0.6) is 0 Å². The van der Waals surface area contributed by atoms with Crippen LogP contribution >= 0.6 is 0 Å². The van der Waals surface area contributed by atoms with Crippen LogP contribution in [0.1, 0.15) is 48.2 Å². The van der Waals surface area contributed by atoms with Gasteiger partial charge in [0.1, 0.15) is 11.4 Å². The van der Waals surface area contributed by atoms with Crippen LogP contribution in [0.25, 0.3) is 5.78 Å². The van der Waals surface area contributed by atoms with Crippen LogP contribution in [0.3, 0.4) is 0 Å². The highest BCUT2D eigenvalue weighted by Gasteiger charge is 2.36. The van der Waals surface area contributed by atoms with E-state index in [1.807, 2.05) is 0 Å². The van der Waals surface area contributed by atoms with Crippen molar-refractivity contribution >= 4 is 17.6 Å². The van der Waals surface area contributed by atoms with Gasteiger partial charge in [-0.05, 0) is 45.4 Å². The lowest BCUT2D eigenvalue weighted by Gasteiger charge is -2.19. The van der Waals surface area contributed by atoms with Gasteiger partial charge in [0.05, 0.1) is 5.56 Å². The zero-order valence-electron chi connectivity index (χ0n) is 16.3. The fourth-order valence-corrected chi connectivity index (χ4v) is 2.52. The standard InChI is InChI=1S/C19H20F3N5O2/c1-11-9-14(27-17(24-11)25-16(26-27)19(20,21)22)23-10-12-5-7-13(8-6-12)15(28)29-18(2,3)4/h5-9,23H,10H2,1-4H3. The van der Waals surface area contributed by atoms with Gasteiger partial charge >= 0.3 is 12.1 Å². The Bertz CT molecular complexity index is 1040. The fourth-order valence-electron chi connectivity index (χ4n) is 2.52. The van der Waals surface area contributed by atoms with Gasteiger partial charge in [-0.15, -0.1) is 5.10 Å². The molecular formula is C19H20F3N5O2. The molecule has 0 saturated heterocycles. The molecule has 0 fully saturated rings. The smallest absolute Gasteiger partial charge is 0.453 e. The molecule has 154 valence electrons. The summed E-state index contributed by atoms with van der Waals surface area (Å²) in [5.74, 6) is -1.49. The number of halogens is 3. The summed E-state index contributed by atoms with van der Waals surface area (Å²) in [4.78, 5) is 19.5. The zero-order chi connectivity index (χ0) is 21.4. The predicted molar refractivity (Wildman–Crippen MR) is 99.5 cm³/mol. The highest BCUT2D eigenvalue weighted by atomic mass is 19.4. The number of aryl methyl sites for hydroxylation is 1. The number of fused-ring (bicyclic) bond motifs is 1. The SMILES string of the molecule is Cc1cc(NCc2ccc(C(=O)OC(C)(C)C)cc2)n2nc(C(F)(F)F)nc2n1. The molecule has 0 bridgehead atoms. The lowest BCUT2D eigenvalue weighted by Crippen LogP contribution is -2.23. The molecule has 2 aromatic heterocycles. The predicted octanol–water partition coefficient (Wildman–Crippen LogP) is 4.02. The molecule has 10 heteroatoms. The van der Waals surface area contributed by atoms with Crippen molar-refractivity contribution in [1.29, 1.82) is 0 Å². The summed E-state index contributed by atoms with van der Waals surface area (Å²) in [7, 11) is 0. The van der Waals surface area contributed by atoms with E-state index in [1.54, 1.807) is 58.0 Å². The van der Waals surface area contributed by atoms with Crippen molar-refractivity contribution in [2.24, 2.45) is 0 Å². The Balaban J connectivity index is 1.77. The second kappa shape index (κ2) is 7.34. The molecule has 3 aromatic rings. The minimum Gasteiger partial charge on any atom is -0.456 e. The summed E-state index contributed by atoms with van der Waals surface area (Å²) in [6.07, 6.45) is -4.66. The second-order valence-corrected chi connectivity index (χ2v) is 7.48. The molecule has 0 saturated carbocycles. The van der Waals surface area contributed by atoms with Crippen molar-refractivity contribution in [3.05, 3.63) is 53.0 Å². The molecule has 7 nitrogen and oxygen atoms in total. The lowest BCUT2D eigenvalue weighted by molar-refractivity contribution is -0.144. The van der Waals surface area contributed by atoms with E-state index in [-0.39, 0.29) is 5.78 Å². The highest BCUT2D eigenvalue weighted by molar-refractivity contribution is 5.89. The molecule has 3 rings (SSSR count). The number of alkyl halides is 3. The van der Waals surface area contributed by atoms with E-state index in [4.69, 9.17) is 4.74 Å². The van der Waals surface area contributed by atoms with Crippen LogP contribution < -0.4 is 5.32 Å². The quantitative estimate of drug-likeness (QED) is 0.658. The Kier molecular flexibility index (Phi) is 5.20. The number of hydrogen-bond acceptors (Lipinski definition) is 6. The summed E-state index contributed by atoms with van der Waals surface area (Å²) in [5, 5.41) is 6.54. The third-order valence-corrected chi connectivity index (χ3v) is 3.76. The number of nitrogens with one attached hydrogen (secondary N) is 1. The van der Waals surface area contributed by atoms with Crippen molar-refractivity contribution in [2.75, 3.05) is 5.32 Å². The molecule has 0 radical (unpaired) electrons. The molecule has 2 heterocycles. The van der Waals surface area contributed by atoms with E-state index in [0.717, 1.165) is 10.1 Å². The van der Waals surface area contributed by atoms with Crippen LogP contribution in [0.2, 0.25) is 0 Å². The number of ether oxygens (including phenoxy) is 1. The van der Waals surface area contributed by atoms with Crippen molar-refractivity contribution in [3.8, 4) is 0 Å². The number of rotatable bonds is 4. The second-order valence-electron chi connectivity index (χ2n) is 7.48. The largest absolute Gasteiger partial charge is 0.456 e. The highest BCUT2D eigenvalue weighted by Crippen LogP contribution is 2.27. The normalized spacial score (nSPS) is 12.2. The summed E-state index contributed by atoms with van der Waals surface area (Å²) in [6.45, 7) is 7.32. The van der Waals surface area contributed by atoms with Crippen LogP contribution in [0.15, 0.2) is 30.3 Å². The Labute approximate surface area is 164 Å². The van der Waals surface area contributed by atoms with Gasteiger partial charge in [-0.1, -0.05) is 12.1 Å². The summed E-state index contributed by atoms with van der Waals surface area (Å²) in [5.41, 5.74) is 1.14. The Morgan fingerprint density at radius 3 is 2.38 bits per heavy atom. The average Bonchev–Trinajstić information content (AvgIpc) is 3.03. The molecule has 0 amide bonds. The maximum absolute atomic E-state index is 12.9. The number of esters is 1. The summed E-state index contributed by atoms with van der Waals surface area (Å²) < 4.78 is 45.0. The van der Waals surface area contributed by atoms with Crippen molar-refractivity contribution in [2.45, 2.75) is 46.0 Å². The molecule has 0 unspecified atom stereocenters. The van der Waals surface area contributed by atoms with Crippen LogP contribution in [0.4, 0.5) is 19.0 Å². The van der Waals surface area contributed by atoms with E-state index in [1.165, 1.54) is 0 Å². The molecule has 1 aromatic carbocycles. The molecule has 0 aliphatic carbocycles. The van der Waals surface area contributed by atoms with Gasteiger partial charge in [-0.25, -0.2) is 9.78 Å². The number of aromatic nitrogens is 4. The lowest BCUT2D eigenvalue weighted by atomic mass is 10.1. The minimum atomic E-state index is -4.66. The van der Waals surface area contributed by atoms with E-state index in [0.29, 0.717) is 23.6 Å². The van der Waals surface area contributed by atoms with Crippen LogP contribution in [0, 0.1) is 6.92 Å². The Hall–Kier alpha value is -3.17. The van der Waals surface area contributed by atoms with Gasteiger partial charge in [0, 0.05) is 18.3 Å². The van der Waals surface area contributed by atoms with Crippen molar-refractivity contribution < 1.29 is 22.7 Å². The first-order chi connectivity index (χ1) is 13.4. The van der Waals surface area contributed by atoms with Gasteiger partial charge in [-0.2, -0.15) is 22.7 Å². The number of hydrogen-bond donors (Lipinski definition) is 1. The molecule has 1 N–H and O–H groups in total. The van der Waals surface area contributed by atoms with Gasteiger partial charge in [0.2, 0.25) is 0 Å². The average molecular weight is 407 g/mol. The van der Waals surface area contributed by atoms with Gasteiger partial charge in [-0.3, -0.25) is 0 Å². The van der Waals surface area contributed by atoms with Crippen molar-refractivity contribution in [3.63, 3.8) is 0 Å². The maximum atomic E-state index is 12.9. The first-order valence-electron chi connectivity index (χ1n) is 8.80. The van der Waals surface area contributed by atoms with Crippen molar-refractivity contribution in [1.82, 2.24) is 19.6 Å². The van der Waals surface area contributed by atoms with E-state index < -0.39 is 23.6 Å². The summed E-state index contributed by atoms with van der Waals surface area (Å²) in [6, 6.07) is 8.32. The molecule has 0 spiro atoms. The minimum absolute atomic E-state index is 0.139. The first-order valence-corrected chi connectivity index (χ1v) is 8.80. The number of benzene rings is 1. The Morgan fingerprint density at radius 1 is 1.14 bits per heavy atom. The monoisotopic (exact) mass is 407 g/mol. The van der Waals surface area contributed by atoms with Gasteiger partial charge in [0.25, 0.3) is 11.6 Å². The van der Waals surface area contributed by atoms with E-state index in [2.05, 4.69) is 20.4 Å². The summed E-state index contributed by atoms with van der Waals surface area (Å²) >= 11 is 0. The molecule has 0 aliphatic rings. The third-order valence-electron chi connectivity index (χ3n) is 3.76. The number of anilines is 1. The van der Waals surface area contributed by atoms with Crippen LogP contribution in [-0.4, -0.2) is 31.2 Å². The zero-order valence-corrected chi connectivity index (χ0v) is 16.3. The molecule has 0 aliphatic heterocycles. The molecule has 0 atom stereocenters. The topological polar surface area (TPSA) is 81.4 Å². The number of carbonyl (C=O) groups is 1. The number of carbonyl (C=O) groups excluding carboxylic acids is 1. The third kappa shape index (κ3) is 5.01. The van der Waals surface area contributed by atoms with E-state index in [9.17, 15) is 18.0 Å². The van der Waals surface area contributed by atoms with Crippen LogP contribution in [-0.2, 0) is 17.5 Å². The van der Waals surface area contributed by atoms with E-state index >= 15 is 0 Å². The maximum Gasteiger partial charge on any atom is 0.453 e. The number of nitrogens with zero attached hydrogens (tertiary/aromatic N) is 4. The molecule has 29 heavy (non-hydrogen) atoms. The first kappa shape index (κ1) is 20.6. The fraction of sp³-hybridized carbons (Fsp3) is 0.368.